The molecule has 5 heteroatoms. The molecule has 0 heterocycles. The van der Waals surface area contributed by atoms with Gasteiger partial charge in [0.25, 0.3) is 0 Å². The van der Waals surface area contributed by atoms with Gasteiger partial charge in [-0.25, -0.2) is 0 Å². The van der Waals surface area contributed by atoms with Crippen LogP contribution < -0.4 is 0 Å². The molecule has 1 aromatic carbocycles. The van der Waals surface area contributed by atoms with E-state index in [2.05, 4.69) is 5.16 Å². The highest BCUT2D eigenvalue weighted by atomic mass is 35.5. The first kappa shape index (κ1) is 13.7. The molecule has 1 aromatic rings. The molecule has 0 radical (unpaired) electrons. The lowest BCUT2D eigenvalue weighted by atomic mass is 9.81. The van der Waals surface area contributed by atoms with Crippen LogP contribution in [0.2, 0.25) is 10.0 Å². The Balaban J connectivity index is 2.32. The third kappa shape index (κ3) is 2.63. The lowest BCUT2D eigenvalue weighted by Gasteiger charge is -2.28. The van der Waals surface area contributed by atoms with Crippen molar-refractivity contribution in [2.45, 2.75) is 31.8 Å². The van der Waals surface area contributed by atoms with Gasteiger partial charge in [0, 0.05) is 21.5 Å². The maximum Gasteiger partial charge on any atom is 0.0900 e. The molecule has 1 aliphatic rings. The zero-order valence-electron chi connectivity index (χ0n) is 9.81. The van der Waals surface area contributed by atoms with Crippen molar-refractivity contribution in [2.75, 3.05) is 0 Å². The molecule has 0 spiro atoms. The van der Waals surface area contributed by atoms with Crippen molar-refractivity contribution in [3.8, 4) is 0 Å². The van der Waals surface area contributed by atoms with Gasteiger partial charge in [0.15, 0.2) is 0 Å². The fourth-order valence-corrected chi connectivity index (χ4v) is 3.10. The maximum atomic E-state index is 10.4. The van der Waals surface area contributed by atoms with Crippen LogP contribution in [0.5, 0.6) is 0 Å². The first-order valence-electron chi connectivity index (χ1n) is 5.98. The highest BCUT2D eigenvalue weighted by molar-refractivity contribution is 6.36. The quantitative estimate of drug-likeness (QED) is 0.637. The number of rotatable bonds is 2. The molecule has 1 fully saturated rings. The summed E-state index contributed by atoms with van der Waals surface area (Å²) in [5.41, 5.74) is 1.15. The lowest BCUT2D eigenvalue weighted by Crippen LogP contribution is -2.26. The Kier molecular flexibility index (Phi) is 4.49. The monoisotopic (exact) mass is 287 g/mol. The van der Waals surface area contributed by atoms with Crippen molar-refractivity contribution in [2.24, 2.45) is 11.1 Å². The maximum absolute atomic E-state index is 10.4. The summed E-state index contributed by atoms with van der Waals surface area (Å²) in [7, 11) is 0. The van der Waals surface area contributed by atoms with E-state index >= 15 is 0 Å². The summed E-state index contributed by atoms with van der Waals surface area (Å²) < 4.78 is 0. The first-order chi connectivity index (χ1) is 8.65. The summed E-state index contributed by atoms with van der Waals surface area (Å²) in [5.74, 6) is -0.207. The van der Waals surface area contributed by atoms with E-state index in [0.29, 0.717) is 27.7 Å². The molecule has 2 N–H and O–H groups in total. The van der Waals surface area contributed by atoms with Crippen LogP contribution in [0.3, 0.4) is 0 Å². The van der Waals surface area contributed by atoms with Crippen molar-refractivity contribution < 1.29 is 10.3 Å². The normalized spacial score (nSPS) is 24.2. The van der Waals surface area contributed by atoms with Crippen molar-refractivity contribution in [1.82, 2.24) is 0 Å². The number of hydrogen-bond acceptors (Lipinski definition) is 3. The first-order valence-corrected chi connectivity index (χ1v) is 6.73. The van der Waals surface area contributed by atoms with Gasteiger partial charge >= 0.3 is 0 Å². The largest absolute Gasteiger partial charge is 0.411 e. The van der Waals surface area contributed by atoms with Gasteiger partial charge in [-0.15, -0.1) is 0 Å². The van der Waals surface area contributed by atoms with Crippen molar-refractivity contribution in [3.05, 3.63) is 33.8 Å². The van der Waals surface area contributed by atoms with E-state index < -0.39 is 6.10 Å². The highest BCUT2D eigenvalue weighted by Crippen LogP contribution is 2.38. The van der Waals surface area contributed by atoms with Crippen molar-refractivity contribution in [1.29, 1.82) is 0 Å². The number of halogens is 2. The number of hydrogen-bond donors (Lipinski definition) is 2. The number of benzene rings is 1. The highest BCUT2D eigenvalue weighted by Gasteiger charge is 2.31. The van der Waals surface area contributed by atoms with Crippen LogP contribution in [0, 0.1) is 5.92 Å². The van der Waals surface area contributed by atoms with E-state index in [0.717, 1.165) is 19.3 Å². The molecule has 0 aromatic heterocycles. The fraction of sp³-hybridized carbons (Fsp3) is 0.462. The van der Waals surface area contributed by atoms with E-state index in [1.165, 1.54) is 0 Å². The van der Waals surface area contributed by atoms with Crippen LogP contribution in [-0.4, -0.2) is 16.0 Å². The van der Waals surface area contributed by atoms with Gasteiger partial charge in [-0.1, -0.05) is 40.8 Å². The second kappa shape index (κ2) is 5.91. The van der Waals surface area contributed by atoms with E-state index in [9.17, 15) is 5.11 Å². The molecule has 3 nitrogen and oxygen atoms in total. The molecule has 1 saturated carbocycles. The molecule has 98 valence electrons. The number of oxime groups is 1. The van der Waals surface area contributed by atoms with Gasteiger partial charge < -0.3 is 10.3 Å². The minimum Gasteiger partial charge on any atom is -0.411 e. The second-order valence-corrected chi connectivity index (χ2v) is 5.34. The molecule has 2 rings (SSSR count). The molecule has 1 aliphatic carbocycles. The van der Waals surface area contributed by atoms with Crippen molar-refractivity contribution in [3.63, 3.8) is 0 Å². The Hall–Kier alpha value is -0.770. The van der Waals surface area contributed by atoms with E-state index in [1.54, 1.807) is 18.2 Å². The van der Waals surface area contributed by atoms with Crippen LogP contribution in [0.25, 0.3) is 0 Å². The molecular weight excluding hydrogens is 273 g/mol. The topological polar surface area (TPSA) is 52.8 Å². The third-order valence-electron chi connectivity index (χ3n) is 3.43. The SMILES string of the molecule is O/N=C1/CCCC[C@H]1[C@@H](O)c1c(Cl)cccc1Cl. The van der Waals surface area contributed by atoms with Gasteiger partial charge in [-0.2, -0.15) is 0 Å². The van der Waals surface area contributed by atoms with Crippen LogP contribution in [0.1, 0.15) is 37.4 Å². The van der Waals surface area contributed by atoms with Gasteiger partial charge in [0.2, 0.25) is 0 Å². The number of nitrogens with zero attached hydrogens (tertiary/aromatic N) is 1. The fourth-order valence-electron chi connectivity index (χ4n) is 2.48. The predicted octanol–water partition coefficient (Wildman–Crippen LogP) is 4.05. The average Bonchev–Trinajstić information content (AvgIpc) is 2.38. The van der Waals surface area contributed by atoms with Gasteiger partial charge in [0.05, 0.1) is 11.8 Å². The van der Waals surface area contributed by atoms with E-state index in [4.69, 9.17) is 28.4 Å². The Bertz CT molecular complexity index is 442. The zero-order valence-corrected chi connectivity index (χ0v) is 11.3. The average molecular weight is 288 g/mol. The molecule has 18 heavy (non-hydrogen) atoms. The minimum atomic E-state index is -0.822. The summed E-state index contributed by atoms with van der Waals surface area (Å²) in [6.45, 7) is 0. The molecular formula is C13H15Cl2NO2. The van der Waals surface area contributed by atoms with E-state index in [1.807, 2.05) is 0 Å². The molecule has 0 aliphatic heterocycles. The lowest BCUT2D eigenvalue weighted by molar-refractivity contribution is 0.127. The number of aliphatic hydroxyl groups is 1. The Morgan fingerprint density at radius 3 is 2.50 bits per heavy atom. The minimum absolute atomic E-state index is 0.207. The van der Waals surface area contributed by atoms with Crippen molar-refractivity contribution >= 4 is 28.9 Å². The van der Waals surface area contributed by atoms with Crippen LogP contribution in [-0.2, 0) is 0 Å². The molecule has 0 amide bonds. The predicted molar refractivity (Wildman–Crippen MR) is 72.6 cm³/mol. The molecule has 0 bridgehead atoms. The Labute approximate surface area is 116 Å². The summed E-state index contributed by atoms with van der Waals surface area (Å²) in [6, 6.07) is 5.14. The second-order valence-electron chi connectivity index (χ2n) is 4.52. The Morgan fingerprint density at radius 2 is 1.89 bits per heavy atom. The summed E-state index contributed by atoms with van der Waals surface area (Å²) in [4.78, 5) is 0. The van der Waals surface area contributed by atoms with Gasteiger partial charge in [0.1, 0.15) is 0 Å². The molecule has 0 saturated heterocycles. The summed E-state index contributed by atoms with van der Waals surface area (Å²) in [5, 5.41) is 23.6. The third-order valence-corrected chi connectivity index (χ3v) is 4.09. The molecule has 2 atom stereocenters. The van der Waals surface area contributed by atoms with Gasteiger partial charge in [-0.3, -0.25) is 0 Å². The summed E-state index contributed by atoms with van der Waals surface area (Å²) >= 11 is 12.2. The zero-order chi connectivity index (χ0) is 13.1. The number of aliphatic hydroxyl groups excluding tert-OH is 1. The standard InChI is InChI=1S/C13H15Cl2NO2/c14-9-5-3-6-10(15)12(9)13(17)8-4-1-2-7-11(8)16-18/h3,5-6,8,13,17-18H,1-2,4,7H2/b16-11-/t8-,13-/m1/s1. The summed E-state index contributed by atoms with van der Waals surface area (Å²) in [6.07, 6.45) is 2.65. The van der Waals surface area contributed by atoms with E-state index in [-0.39, 0.29) is 5.92 Å². The molecule has 0 unspecified atom stereocenters. The smallest absolute Gasteiger partial charge is 0.0900 e. The Morgan fingerprint density at radius 1 is 1.22 bits per heavy atom. The van der Waals surface area contributed by atoms with Crippen LogP contribution in [0.15, 0.2) is 23.4 Å². The van der Waals surface area contributed by atoms with Gasteiger partial charge in [-0.05, 0) is 31.4 Å². The van der Waals surface area contributed by atoms with Crippen LogP contribution in [0.4, 0.5) is 0 Å². The van der Waals surface area contributed by atoms with Crippen LogP contribution >= 0.6 is 23.2 Å².